The molecular weight excluding hydrogens is 420 g/mol. The first-order valence-electron chi connectivity index (χ1n) is 12.1. The van der Waals surface area contributed by atoms with Crippen LogP contribution in [-0.2, 0) is 5.92 Å². The van der Waals surface area contributed by atoms with Gasteiger partial charge in [0.1, 0.15) is 0 Å². The highest BCUT2D eigenvalue weighted by atomic mass is 19.3. The van der Waals surface area contributed by atoms with Gasteiger partial charge in [0.25, 0.3) is 5.92 Å². The van der Waals surface area contributed by atoms with E-state index in [-0.39, 0.29) is 5.56 Å². The van der Waals surface area contributed by atoms with Crippen LogP contribution in [0.2, 0.25) is 0 Å². The van der Waals surface area contributed by atoms with E-state index in [2.05, 4.69) is 45.4 Å². The molecule has 1 aliphatic heterocycles. The molecule has 6 rings (SSSR count). The van der Waals surface area contributed by atoms with Crippen LogP contribution in [0.5, 0.6) is 0 Å². The maximum absolute atomic E-state index is 13.4. The maximum atomic E-state index is 13.4. The van der Waals surface area contributed by atoms with Crippen molar-refractivity contribution in [2.75, 3.05) is 13.1 Å². The van der Waals surface area contributed by atoms with Gasteiger partial charge < -0.3 is 4.42 Å². The summed E-state index contributed by atoms with van der Waals surface area (Å²) in [5, 5.41) is 8.50. The number of likely N-dealkylation sites (tertiary alicyclic amines) is 1. The molecule has 2 heterocycles. The molecule has 0 bridgehead atoms. The number of aromatic nitrogens is 2. The second kappa shape index (κ2) is 8.01. The average Bonchev–Trinajstić information content (AvgIpc) is 3.19. The van der Waals surface area contributed by atoms with Crippen molar-refractivity contribution in [3.05, 3.63) is 71.6 Å². The van der Waals surface area contributed by atoms with Gasteiger partial charge in [-0.2, -0.15) is 0 Å². The van der Waals surface area contributed by atoms with Crippen LogP contribution in [0.1, 0.15) is 61.5 Å². The zero-order valence-corrected chi connectivity index (χ0v) is 18.8. The van der Waals surface area contributed by atoms with Gasteiger partial charge in [-0.1, -0.05) is 42.5 Å². The molecule has 0 N–H and O–H groups in total. The number of nitrogens with zero attached hydrogens (tertiary/aromatic N) is 3. The zero-order valence-electron chi connectivity index (χ0n) is 18.8. The second-order valence-electron chi connectivity index (χ2n) is 10.1. The van der Waals surface area contributed by atoms with Gasteiger partial charge in [0.05, 0.1) is 0 Å². The second-order valence-corrected chi connectivity index (χ2v) is 10.1. The van der Waals surface area contributed by atoms with Gasteiger partial charge in [-0.05, 0) is 61.1 Å². The summed E-state index contributed by atoms with van der Waals surface area (Å²) in [6.45, 7) is 3.14. The molecule has 3 fully saturated rings. The summed E-state index contributed by atoms with van der Waals surface area (Å²) in [5.74, 6) is 0.535. The summed E-state index contributed by atoms with van der Waals surface area (Å²) in [6, 6.07) is 17.7. The number of benzene rings is 2. The summed E-state index contributed by atoms with van der Waals surface area (Å²) in [5.41, 5.74) is 2.16. The van der Waals surface area contributed by atoms with E-state index in [0.717, 1.165) is 20.0 Å². The lowest BCUT2D eigenvalue weighted by molar-refractivity contribution is 0.0175. The van der Waals surface area contributed by atoms with E-state index in [9.17, 15) is 8.78 Å². The highest BCUT2D eigenvalue weighted by molar-refractivity contribution is 5.53. The van der Waals surface area contributed by atoms with Gasteiger partial charge in [-0.15, -0.1) is 10.2 Å². The molecule has 4 nitrogen and oxygen atoms in total. The van der Waals surface area contributed by atoms with Crippen LogP contribution in [0.4, 0.5) is 8.78 Å². The Bertz CT molecular complexity index is 1090. The van der Waals surface area contributed by atoms with Crippen LogP contribution in [0.15, 0.2) is 59.0 Å². The fourth-order valence-electron chi connectivity index (χ4n) is 6.11. The first kappa shape index (κ1) is 21.0. The highest BCUT2D eigenvalue weighted by Crippen LogP contribution is 2.58. The van der Waals surface area contributed by atoms with Gasteiger partial charge in [0.2, 0.25) is 11.8 Å². The van der Waals surface area contributed by atoms with Crippen molar-refractivity contribution in [3.63, 3.8) is 0 Å². The Morgan fingerprint density at radius 3 is 2.18 bits per heavy atom. The number of hydrogen-bond acceptors (Lipinski definition) is 4. The molecule has 33 heavy (non-hydrogen) atoms. The van der Waals surface area contributed by atoms with E-state index < -0.39 is 5.92 Å². The van der Waals surface area contributed by atoms with Crippen LogP contribution in [0.3, 0.4) is 0 Å². The van der Waals surface area contributed by atoms with Crippen LogP contribution >= 0.6 is 0 Å². The molecule has 1 aromatic heterocycles. The zero-order chi connectivity index (χ0) is 22.6. The Morgan fingerprint density at radius 2 is 1.55 bits per heavy atom. The Balaban J connectivity index is 1.04. The topological polar surface area (TPSA) is 42.2 Å². The molecular formula is C27H29F2N3O. The standard InChI is InChI=1S/C27H29F2N3O/c1-27(28,29)20-11-7-19(8-12-20)25-30-31-26(33-25)24-22-15-32(16-23(22)24)21-13-9-18(10-14-21)17-5-3-2-4-6-17/h2-8,11-12,18,21-24H,9-10,13-16H2,1H3/t18?,21?,22-,23+,24?. The van der Waals surface area contributed by atoms with Gasteiger partial charge in [0.15, 0.2) is 0 Å². The minimum Gasteiger partial charge on any atom is -0.420 e. The average molecular weight is 450 g/mol. The Morgan fingerprint density at radius 1 is 0.879 bits per heavy atom. The van der Waals surface area contributed by atoms with Crippen molar-refractivity contribution < 1.29 is 13.2 Å². The lowest BCUT2D eigenvalue weighted by Gasteiger charge is -2.36. The van der Waals surface area contributed by atoms with E-state index in [1.54, 1.807) is 12.1 Å². The van der Waals surface area contributed by atoms with Gasteiger partial charge >= 0.3 is 0 Å². The van der Waals surface area contributed by atoms with E-state index in [1.165, 1.54) is 43.4 Å². The molecule has 0 radical (unpaired) electrons. The van der Waals surface area contributed by atoms with Crippen LogP contribution < -0.4 is 0 Å². The molecule has 0 amide bonds. The van der Waals surface area contributed by atoms with Crippen molar-refractivity contribution in [2.45, 2.75) is 56.4 Å². The first-order chi connectivity index (χ1) is 16.0. The van der Waals surface area contributed by atoms with Crippen molar-refractivity contribution >= 4 is 0 Å². The minimum absolute atomic E-state index is 0.0133. The number of rotatable bonds is 5. The summed E-state index contributed by atoms with van der Waals surface area (Å²) in [7, 11) is 0. The summed E-state index contributed by atoms with van der Waals surface area (Å²) < 4.78 is 32.9. The van der Waals surface area contributed by atoms with Crippen LogP contribution in [0.25, 0.3) is 11.5 Å². The Labute approximate surface area is 193 Å². The smallest absolute Gasteiger partial charge is 0.270 e. The molecule has 1 saturated heterocycles. The molecule has 6 heteroatoms. The van der Waals surface area contributed by atoms with Crippen molar-refractivity contribution in [1.82, 2.24) is 15.1 Å². The summed E-state index contributed by atoms with van der Waals surface area (Å²) in [4.78, 5) is 2.69. The molecule has 3 atom stereocenters. The maximum Gasteiger partial charge on any atom is 0.270 e. The third kappa shape index (κ3) is 3.99. The van der Waals surface area contributed by atoms with Gasteiger partial charge in [-0.25, -0.2) is 8.78 Å². The normalized spacial score (nSPS) is 29.7. The number of alkyl halides is 2. The predicted molar refractivity (Wildman–Crippen MR) is 122 cm³/mol. The highest BCUT2D eigenvalue weighted by Gasteiger charge is 2.59. The van der Waals surface area contributed by atoms with E-state index >= 15 is 0 Å². The van der Waals surface area contributed by atoms with Crippen LogP contribution in [-0.4, -0.2) is 34.2 Å². The quantitative estimate of drug-likeness (QED) is 0.464. The van der Waals surface area contributed by atoms with Gasteiger partial charge in [0, 0.05) is 43.1 Å². The molecule has 1 unspecified atom stereocenters. The number of halogens is 2. The molecule has 0 spiro atoms. The fraction of sp³-hybridized carbons (Fsp3) is 0.481. The number of piperidine rings is 1. The van der Waals surface area contributed by atoms with Crippen molar-refractivity contribution in [3.8, 4) is 11.5 Å². The summed E-state index contributed by atoms with van der Waals surface area (Å²) in [6.07, 6.45) is 5.11. The molecule has 3 aliphatic rings. The SMILES string of the molecule is CC(F)(F)c1ccc(-c2nnc(C3[C@H]4CN(C5CCC(c6ccccc6)CC5)C[C@@H]34)o2)cc1. The van der Waals surface area contributed by atoms with Crippen molar-refractivity contribution in [1.29, 1.82) is 0 Å². The molecule has 2 aliphatic carbocycles. The molecule has 2 aromatic carbocycles. The molecule has 2 saturated carbocycles. The first-order valence-corrected chi connectivity index (χ1v) is 12.1. The fourth-order valence-corrected chi connectivity index (χ4v) is 6.11. The third-order valence-corrected chi connectivity index (χ3v) is 8.07. The summed E-state index contributed by atoms with van der Waals surface area (Å²) >= 11 is 0. The van der Waals surface area contributed by atoms with Gasteiger partial charge in [-0.3, -0.25) is 4.90 Å². The molecule has 172 valence electrons. The van der Waals surface area contributed by atoms with E-state index in [0.29, 0.717) is 47.1 Å². The van der Waals surface area contributed by atoms with E-state index in [4.69, 9.17) is 4.42 Å². The minimum atomic E-state index is -2.85. The third-order valence-electron chi connectivity index (χ3n) is 8.07. The Hall–Kier alpha value is -2.60. The predicted octanol–water partition coefficient (Wildman–Crippen LogP) is 6.22. The number of hydrogen-bond donors (Lipinski definition) is 0. The lowest BCUT2D eigenvalue weighted by Crippen LogP contribution is -2.38. The monoisotopic (exact) mass is 449 g/mol. The largest absolute Gasteiger partial charge is 0.420 e. The van der Waals surface area contributed by atoms with E-state index in [1.807, 2.05) is 0 Å². The Kier molecular flexibility index (Phi) is 5.09. The number of fused-ring (bicyclic) bond motifs is 1. The van der Waals surface area contributed by atoms with Crippen LogP contribution in [0, 0.1) is 11.8 Å². The van der Waals surface area contributed by atoms with Crippen molar-refractivity contribution in [2.24, 2.45) is 11.8 Å². The molecule has 3 aromatic rings. The lowest BCUT2D eigenvalue weighted by atomic mass is 9.81.